The second-order valence-electron chi connectivity index (χ2n) is 7.64. The number of nitrogens with two attached hydrogens (primary N) is 1. The molecule has 1 aromatic rings. The van der Waals surface area contributed by atoms with E-state index in [2.05, 4.69) is 20.3 Å². The molecular weight excluding hydrogens is 392 g/mol. The number of carbonyl (C=O) groups excluding carboxylic acids is 2. The van der Waals surface area contributed by atoms with Crippen molar-refractivity contribution in [2.24, 2.45) is 20.7 Å². The summed E-state index contributed by atoms with van der Waals surface area (Å²) in [6.07, 6.45) is -0.121. The van der Waals surface area contributed by atoms with Gasteiger partial charge in [0.05, 0.1) is 24.0 Å². The minimum atomic E-state index is -1.08. The highest BCUT2D eigenvalue weighted by molar-refractivity contribution is 6.38. The third-order valence-corrected chi connectivity index (χ3v) is 4.06. The maximum atomic E-state index is 12.8. The van der Waals surface area contributed by atoms with E-state index in [-0.39, 0.29) is 17.9 Å². The number of ether oxygens (including phenoxy) is 1. The zero-order valence-corrected chi connectivity index (χ0v) is 16.7. The number of anilines is 1. The van der Waals surface area contributed by atoms with Crippen LogP contribution >= 0.6 is 0 Å². The van der Waals surface area contributed by atoms with Crippen LogP contribution in [-0.2, 0) is 9.53 Å². The number of carboxylic acids is 1. The van der Waals surface area contributed by atoms with E-state index in [4.69, 9.17) is 15.6 Å². The van der Waals surface area contributed by atoms with Crippen molar-refractivity contribution in [3.05, 3.63) is 29.8 Å². The zero-order chi connectivity index (χ0) is 22.1. The van der Waals surface area contributed by atoms with Gasteiger partial charge in [0.2, 0.25) is 0 Å². The van der Waals surface area contributed by atoms with Gasteiger partial charge in [-0.15, -0.1) is 0 Å². The highest BCUT2D eigenvalue weighted by Gasteiger charge is 2.33. The first-order valence-electron chi connectivity index (χ1n) is 9.12. The van der Waals surface area contributed by atoms with Crippen molar-refractivity contribution in [2.45, 2.75) is 38.7 Å². The van der Waals surface area contributed by atoms with Crippen LogP contribution < -0.4 is 16.0 Å². The maximum absolute atomic E-state index is 12.8. The summed E-state index contributed by atoms with van der Waals surface area (Å²) in [4.78, 5) is 49.9. The second kappa shape index (κ2) is 8.03. The van der Waals surface area contributed by atoms with Gasteiger partial charge < -0.3 is 15.2 Å². The summed E-state index contributed by atoms with van der Waals surface area (Å²) in [5.74, 6) is -1.32. The molecule has 0 spiro atoms. The Labute approximate surface area is 172 Å². The van der Waals surface area contributed by atoms with Crippen LogP contribution in [0, 0.1) is 0 Å². The average Bonchev–Trinajstić information content (AvgIpc) is 2.65. The summed E-state index contributed by atoms with van der Waals surface area (Å²) >= 11 is 0. The number of hydrogen-bond acceptors (Lipinski definition) is 8. The molecule has 0 bridgehead atoms. The first-order valence-corrected chi connectivity index (χ1v) is 9.12. The molecule has 0 radical (unpaired) electrons. The number of nitrogens with one attached hydrogen (secondary N) is 1. The van der Waals surface area contributed by atoms with Gasteiger partial charge in [-0.1, -0.05) is 0 Å². The Bertz CT molecular complexity index is 961. The van der Waals surface area contributed by atoms with E-state index < -0.39 is 35.9 Å². The van der Waals surface area contributed by atoms with Crippen LogP contribution in [0.2, 0.25) is 0 Å². The molecule has 4 N–H and O–H groups in total. The molecule has 0 saturated carbocycles. The monoisotopic (exact) mass is 414 g/mol. The number of carboxylic acid groups (broad SMARTS) is 1. The summed E-state index contributed by atoms with van der Waals surface area (Å²) in [5, 5.41) is 11.6. The SMILES string of the molecule is CC(C)(C)OC(=O)N(CC1=NC2C(=O)NC(N)N=C2N=C1)c1ccc(C(=O)O)cc1. The van der Waals surface area contributed by atoms with Crippen molar-refractivity contribution in [1.82, 2.24) is 5.32 Å². The van der Waals surface area contributed by atoms with E-state index in [1.807, 2.05) is 0 Å². The highest BCUT2D eigenvalue weighted by atomic mass is 16.6. The molecule has 2 amide bonds. The van der Waals surface area contributed by atoms with E-state index >= 15 is 0 Å². The van der Waals surface area contributed by atoms with Crippen molar-refractivity contribution in [3.63, 3.8) is 0 Å². The molecule has 0 aliphatic carbocycles. The molecule has 0 fully saturated rings. The van der Waals surface area contributed by atoms with Crippen molar-refractivity contribution in [1.29, 1.82) is 0 Å². The number of hydrogen-bond donors (Lipinski definition) is 3. The van der Waals surface area contributed by atoms with Gasteiger partial charge in [0.1, 0.15) is 5.60 Å². The predicted octanol–water partition coefficient (Wildman–Crippen LogP) is 0.791. The Morgan fingerprint density at radius 2 is 1.90 bits per heavy atom. The minimum Gasteiger partial charge on any atom is -0.478 e. The Hall–Kier alpha value is -3.60. The number of carbonyl (C=O) groups is 3. The first kappa shape index (κ1) is 21.1. The van der Waals surface area contributed by atoms with Gasteiger partial charge in [0.15, 0.2) is 18.2 Å². The fourth-order valence-corrected chi connectivity index (χ4v) is 2.75. The van der Waals surface area contributed by atoms with E-state index in [0.29, 0.717) is 11.4 Å². The molecule has 0 saturated heterocycles. The molecule has 11 heteroatoms. The van der Waals surface area contributed by atoms with Crippen LogP contribution in [0.5, 0.6) is 0 Å². The van der Waals surface area contributed by atoms with E-state index in [0.717, 1.165) is 0 Å². The van der Waals surface area contributed by atoms with Gasteiger partial charge in [-0.3, -0.25) is 20.4 Å². The zero-order valence-electron chi connectivity index (χ0n) is 16.7. The number of aromatic carboxylic acids is 1. The molecule has 30 heavy (non-hydrogen) atoms. The van der Waals surface area contributed by atoms with Gasteiger partial charge in [-0.2, -0.15) is 0 Å². The molecule has 3 rings (SSSR count). The molecule has 158 valence electrons. The number of nitrogens with zero attached hydrogens (tertiary/aromatic N) is 4. The Balaban J connectivity index is 1.89. The van der Waals surface area contributed by atoms with Gasteiger partial charge >= 0.3 is 12.1 Å². The molecule has 2 aliphatic heterocycles. The predicted molar refractivity (Wildman–Crippen MR) is 110 cm³/mol. The molecule has 2 atom stereocenters. The summed E-state index contributed by atoms with van der Waals surface area (Å²) in [6, 6.07) is 4.80. The van der Waals surface area contributed by atoms with Crippen LogP contribution in [0.25, 0.3) is 0 Å². The molecule has 2 heterocycles. The smallest absolute Gasteiger partial charge is 0.415 e. The third-order valence-electron chi connectivity index (χ3n) is 4.06. The maximum Gasteiger partial charge on any atom is 0.415 e. The molecule has 2 aliphatic rings. The molecule has 0 aromatic heterocycles. The van der Waals surface area contributed by atoms with E-state index in [9.17, 15) is 14.4 Å². The minimum absolute atomic E-state index is 0.0477. The number of amides is 2. The fraction of sp³-hybridized carbons (Fsp3) is 0.368. The number of aliphatic imine (C=N–C) groups is 3. The van der Waals surface area contributed by atoms with E-state index in [1.165, 1.54) is 35.4 Å². The van der Waals surface area contributed by atoms with Crippen LogP contribution in [0.15, 0.2) is 39.2 Å². The van der Waals surface area contributed by atoms with Crippen molar-refractivity contribution < 1.29 is 24.2 Å². The van der Waals surface area contributed by atoms with Crippen LogP contribution in [-0.4, -0.2) is 65.3 Å². The lowest BCUT2D eigenvalue weighted by atomic mass is 10.1. The number of benzene rings is 1. The van der Waals surface area contributed by atoms with Crippen LogP contribution in [0.4, 0.5) is 10.5 Å². The van der Waals surface area contributed by atoms with E-state index in [1.54, 1.807) is 20.8 Å². The Morgan fingerprint density at radius 3 is 2.50 bits per heavy atom. The fourth-order valence-electron chi connectivity index (χ4n) is 2.75. The van der Waals surface area contributed by atoms with Crippen molar-refractivity contribution in [3.8, 4) is 0 Å². The summed E-state index contributed by atoms with van der Waals surface area (Å²) in [7, 11) is 0. The second-order valence-corrected chi connectivity index (χ2v) is 7.64. The summed E-state index contributed by atoms with van der Waals surface area (Å²) < 4.78 is 5.47. The average molecular weight is 414 g/mol. The van der Waals surface area contributed by atoms with Crippen LogP contribution in [0.1, 0.15) is 31.1 Å². The van der Waals surface area contributed by atoms with Gasteiger partial charge in [-0.05, 0) is 45.0 Å². The van der Waals surface area contributed by atoms with Crippen LogP contribution in [0.3, 0.4) is 0 Å². The van der Waals surface area contributed by atoms with Gasteiger partial charge in [0.25, 0.3) is 5.91 Å². The highest BCUT2D eigenvalue weighted by Crippen LogP contribution is 2.20. The Morgan fingerprint density at radius 1 is 1.23 bits per heavy atom. The lowest BCUT2D eigenvalue weighted by molar-refractivity contribution is -0.121. The molecular formula is C19H22N6O5. The molecule has 1 aromatic carbocycles. The van der Waals surface area contributed by atoms with Crippen molar-refractivity contribution >= 4 is 41.4 Å². The number of fused-ring (bicyclic) bond motifs is 1. The Kier molecular flexibility index (Phi) is 5.65. The quantitative estimate of drug-likeness (QED) is 0.660. The summed E-state index contributed by atoms with van der Waals surface area (Å²) in [6.45, 7) is 5.14. The van der Waals surface area contributed by atoms with Gasteiger partial charge in [0, 0.05) is 5.69 Å². The lowest BCUT2D eigenvalue weighted by Gasteiger charge is -2.29. The normalized spacial score (nSPS) is 20.5. The molecule has 11 nitrogen and oxygen atoms in total. The third kappa shape index (κ3) is 4.87. The lowest BCUT2D eigenvalue weighted by Crippen LogP contribution is -2.53. The largest absolute Gasteiger partial charge is 0.478 e. The van der Waals surface area contributed by atoms with Crippen molar-refractivity contribution in [2.75, 3.05) is 11.4 Å². The molecule has 2 unspecified atom stereocenters. The standard InChI is InChI=1S/C19H22N6O5/c1-19(2,3)30-18(29)25(12-6-4-10(5-7-12)16(27)28)9-11-8-21-14-13(22-11)15(26)24-17(20)23-14/h4-8,13,17H,9,20H2,1-3H3,(H,24,26)(H,27,28). The first-order chi connectivity index (χ1) is 14.0. The summed E-state index contributed by atoms with van der Waals surface area (Å²) in [5.41, 5.74) is 5.68. The number of amidine groups is 1. The van der Waals surface area contributed by atoms with Gasteiger partial charge in [-0.25, -0.2) is 19.6 Å². The topological polar surface area (TPSA) is 159 Å². The number of rotatable bonds is 4.